The summed E-state index contributed by atoms with van der Waals surface area (Å²) in [5.74, 6) is -0.293. The van der Waals surface area contributed by atoms with Gasteiger partial charge in [-0.15, -0.1) is 9.24 Å². The van der Waals surface area contributed by atoms with E-state index >= 15 is 0 Å². The number of ether oxygens (including phenoxy) is 1. The molecule has 0 heterocycles. The average Bonchev–Trinajstić information content (AvgIpc) is 2.96. The van der Waals surface area contributed by atoms with E-state index in [-0.39, 0.29) is 48.1 Å². The van der Waals surface area contributed by atoms with Crippen LogP contribution in [0.1, 0.15) is 73.1 Å². The molecule has 4 aliphatic carbocycles. The van der Waals surface area contributed by atoms with Crippen molar-refractivity contribution in [1.29, 1.82) is 0 Å². The average molecular weight is 461 g/mol. The molecular weight excluding hydrogens is 423 g/mol. The summed E-state index contributed by atoms with van der Waals surface area (Å²) in [6.45, 7) is 9.77. The van der Waals surface area contributed by atoms with Crippen LogP contribution in [0, 0.1) is 28.6 Å². The number of rotatable bonds is 4. The Balaban J connectivity index is 1.89. The first-order valence-corrected chi connectivity index (χ1v) is 12.7. The van der Waals surface area contributed by atoms with Crippen molar-refractivity contribution in [2.45, 2.75) is 90.0 Å². The van der Waals surface area contributed by atoms with Crippen LogP contribution in [0.2, 0.25) is 0 Å². The van der Waals surface area contributed by atoms with Crippen molar-refractivity contribution < 1.29 is 24.2 Å². The van der Waals surface area contributed by atoms with E-state index in [9.17, 15) is 19.5 Å². The molecule has 6 unspecified atom stereocenters. The highest BCUT2D eigenvalue weighted by Gasteiger charge is 2.74. The van der Waals surface area contributed by atoms with Crippen LogP contribution in [-0.4, -0.2) is 39.5 Å². The van der Waals surface area contributed by atoms with Gasteiger partial charge in [0.05, 0.1) is 0 Å². The summed E-state index contributed by atoms with van der Waals surface area (Å²) in [7, 11) is 3.07. The van der Waals surface area contributed by atoms with Gasteiger partial charge in [-0.2, -0.15) is 0 Å². The molecule has 0 radical (unpaired) electrons. The number of allylic oxidation sites excluding steroid dienone is 4. The smallest absolute Gasteiger partial charge is 0.305 e. The van der Waals surface area contributed by atoms with Gasteiger partial charge < -0.3 is 9.84 Å². The highest BCUT2D eigenvalue weighted by molar-refractivity contribution is 7.19. The second kappa shape index (κ2) is 7.60. The van der Waals surface area contributed by atoms with Gasteiger partial charge in [-0.1, -0.05) is 46.3 Å². The molecule has 4 rings (SSSR count). The number of fused-ring (bicyclic) bond motifs is 5. The third kappa shape index (κ3) is 2.79. The van der Waals surface area contributed by atoms with Crippen molar-refractivity contribution in [3.8, 4) is 0 Å². The number of Topliss-reactive ketones (excluding diaryl/α,β-unsaturated/α-hetero) is 1. The Kier molecular flexibility index (Phi) is 5.66. The maximum absolute atomic E-state index is 13.1. The minimum Gasteiger partial charge on any atom is -0.461 e. The Labute approximate surface area is 193 Å². The molecule has 0 aromatic rings. The predicted octanol–water partition coefficient (Wildman–Crippen LogP) is 4.18. The highest BCUT2D eigenvalue weighted by atomic mass is 31.0. The quantitative estimate of drug-likeness (QED) is 0.503. The standard InChI is InChI=1S/C26H37O5P/c1-6-20(28)25(30)15(3)12-19-18-9-8-16-13-17(27)10-11-23(16,4)26(18,32)21(14-24(19,25)5)31-22(29)7-2/h10-11,13,15,18-19,21,30H,6-9,12,14,32H2,1-5H3/t15-,18?,19?,21?,23?,24?,25+,26+/m1/s1. The summed E-state index contributed by atoms with van der Waals surface area (Å²) < 4.78 is 6.14. The molecule has 0 aromatic heterocycles. The molecule has 0 aliphatic heterocycles. The predicted molar refractivity (Wildman–Crippen MR) is 126 cm³/mol. The fraction of sp³-hybridized carbons (Fsp3) is 0.731. The SMILES string of the molecule is CCC(=O)OC1CC2(C)C(C[C@@H](C)[C@]2(O)C(=O)CC)C2CCC3=CC(=O)C=CC3(C)[C@@]12P. The number of carbonyl (C=O) groups excluding carboxylic acids is 3. The fourth-order valence-electron chi connectivity index (χ4n) is 7.89. The first-order chi connectivity index (χ1) is 14.9. The van der Waals surface area contributed by atoms with Gasteiger partial charge in [-0.05, 0) is 55.6 Å². The van der Waals surface area contributed by atoms with E-state index in [1.54, 1.807) is 19.1 Å². The number of hydrogen-bond acceptors (Lipinski definition) is 5. The summed E-state index contributed by atoms with van der Waals surface area (Å²) in [6.07, 6.45) is 8.30. The molecule has 3 saturated carbocycles. The molecule has 5 nitrogen and oxygen atoms in total. The van der Waals surface area contributed by atoms with E-state index in [0.29, 0.717) is 6.42 Å². The molecular formula is C26H37O5P. The Morgan fingerprint density at radius 2 is 1.91 bits per heavy atom. The van der Waals surface area contributed by atoms with Gasteiger partial charge in [-0.3, -0.25) is 14.4 Å². The van der Waals surface area contributed by atoms with Gasteiger partial charge in [0.25, 0.3) is 0 Å². The molecule has 4 aliphatic rings. The van der Waals surface area contributed by atoms with Gasteiger partial charge >= 0.3 is 5.97 Å². The largest absolute Gasteiger partial charge is 0.461 e. The lowest BCUT2D eigenvalue weighted by molar-refractivity contribution is -0.188. The fourth-order valence-corrected chi connectivity index (χ4v) is 8.76. The lowest BCUT2D eigenvalue weighted by atomic mass is 9.45. The van der Waals surface area contributed by atoms with E-state index < -0.39 is 27.7 Å². The second-order valence-electron chi connectivity index (χ2n) is 10.9. The van der Waals surface area contributed by atoms with Crippen LogP contribution in [0.5, 0.6) is 0 Å². The Morgan fingerprint density at radius 1 is 1.22 bits per heavy atom. The number of aliphatic hydroxyl groups is 1. The van der Waals surface area contributed by atoms with Crippen LogP contribution in [0.25, 0.3) is 0 Å². The first-order valence-electron chi connectivity index (χ1n) is 12.1. The lowest BCUT2D eigenvalue weighted by Crippen LogP contribution is -2.69. The third-order valence-electron chi connectivity index (χ3n) is 9.75. The summed E-state index contributed by atoms with van der Waals surface area (Å²) in [5, 5.41) is 11.4. The van der Waals surface area contributed by atoms with Crippen molar-refractivity contribution in [3.05, 3.63) is 23.8 Å². The van der Waals surface area contributed by atoms with E-state index in [0.717, 1.165) is 24.8 Å². The number of ketones is 2. The monoisotopic (exact) mass is 460 g/mol. The minimum atomic E-state index is -1.43. The van der Waals surface area contributed by atoms with Gasteiger partial charge in [-0.25, -0.2) is 0 Å². The normalized spacial score (nSPS) is 47.2. The third-order valence-corrected chi connectivity index (χ3v) is 11.1. The van der Waals surface area contributed by atoms with Crippen molar-refractivity contribution in [2.75, 3.05) is 0 Å². The van der Waals surface area contributed by atoms with Crippen molar-refractivity contribution in [2.24, 2.45) is 28.6 Å². The molecule has 6 heteroatoms. The van der Waals surface area contributed by atoms with Crippen LogP contribution < -0.4 is 0 Å². The van der Waals surface area contributed by atoms with E-state index in [1.807, 2.05) is 26.8 Å². The van der Waals surface area contributed by atoms with Crippen LogP contribution in [0.15, 0.2) is 23.8 Å². The Morgan fingerprint density at radius 3 is 2.53 bits per heavy atom. The van der Waals surface area contributed by atoms with E-state index in [4.69, 9.17) is 4.74 Å². The molecule has 9 atom stereocenters. The first kappa shape index (κ1) is 23.8. The minimum absolute atomic E-state index is 0.00434. The molecule has 1 N–H and O–H groups in total. The van der Waals surface area contributed by atoms with Crippen molar-refractivity contribution in [1.82, 2.24) is 0 Å². The van der Waals surface area contributed by atoms with Gasteiger partial charge in [0.15, 0.2) is 11.6 Å². The zero-order valence-corrected chi connectivity index (χ0v) is 21.1. The lowest BCUT2D eigenvalue weighted by Gasteiger charge is -2.65. The molecule has 176 valence electrons. The van der Waals surface area contributed by atoms with Crippen LogP contribution in [0.3, 0.4) is 0 Å². The zero-order chi connectivity index (χ0) is 23.7. The Hall–Kier alpha value is -1.32. The molecule has 0 spiro atoms. The van der Waals surface area contributed by atoms with Crippen LogP contribution in [-0.2, 0) is 19.1 Å². The summed E-state index contributed by atoms with van der Waals surface area (Å²) in [6, 6.07) is 0. The summed E-state index contributed by atoms with van der Waals surface area (Å²) >= 11 is 0. The molecule has 0 amide bonds. The molecule has 0 aromatic carbocycles. The number of esters is 1. The zero-order valence-electron chi connectivity index (χ0n) is 19.9. The highest BCUT2D eigenvalue weighted by Crippen LogP contribution is 2.72. The van der Waals surface area contributed by atoms with E-state index in [1.165, 1.54) is 0 Å². The summed E-state index contributed by atoms with van der Waals surface area (Å²) in [4.78, 5) is 37.9. The van der Waals surface area contributed by atoms with E-state index in [2.05, 4.69) is 16.2 Å². The van der Waals surface area contributed by atoms with Gasteiger partial charge in [0, 0.05) is 28.8 Å². The van der Waals surface area contributed by atoms with Gasteiger partial charge in [0.2, 0.25) is 0 Å². The molecule has 32 heavy (non-hydrogen) atoms. The molecule has 0 saturated heterocycles. The van der Waals surface area contributed by atoms with Crippen LogP contribution in [0.4, 0.5) is 0 Å². The summed E-state index contributed by atoms with van der Waals surface area (Å²) in [5.41, 5.74) is -1.46. The maximum atomic E-state index is 13.1. The van der Waals surface area contributed by atoms with Crippen LogP contribution >= 0.6 is 9.24 Å². The van der Waals surface area contributed by atoms with Gasteiger partial charge in [0.1, 0.15) is 11.7 Å². The topological polar surface area (TPSA) is 80.7 Å². The number of carbonyl (C=O) groups is 3. The van der Waals surface area contributed by atoms with Crippen molar-refractivity contribution >= 4 is 26.8 Å². The van der Waals surface area contributed by atoms with Crippen molar-refractivity contribution in [3.63, 3.8) is 0 Å². The number of hydrogen-bond donors (Lipinski definition) is 1. The second-order valence-corrected chi connectivity index (χ2v) is 11.9. The Bertz CT molecular complexity index is 923. The maximum Gasteiger partial charge on any atom is 0.305 e. The molecule has 0 bridgehead atoms. The molecule has 3 fully saturated rings.